The highest BCUT2D eigenvalue weighted by molar-refractivity contribution is 6.31. The summed E-state index contributed by atoms with van der Waals surface area (Å²) >= 11 is 6.18. The van der Waals surface area contributed by atoms with Crippen molar-refractivity contribution in [3.8, 4) is 11.3 Å². The number of ether oxygens (including phenoxy) is 1. The fourth-order valence-corrected chi connectivity index (χ4v) is 4.82. The van der Waals surface area contributed by atoms with Crippen LogP contribution < -0.4 is 5.56 Å². The largest absolute Gasteiger partial charge is 0.373 e. The molecule has 1 aliphatic carbocycles. The van der Waals surface area contributed by atoms with Gasteiger partial charge in [0.2, 0.25) is 0 Å². The maximum Gasteiger partial charge on any atom is 0.277 e. The van der Waals surface area contributed by atoms with E-state index in [1.807, 2.05) is 10.9 Å². The molecule has 2 aliphatic rings. The van der Waals surface area contributed by atoms with Crippen molar-refractivity contribution >= 4 is 17.2 Å². The quantitative estimate of drug-likeness (QED) is 0.345. The van der Waals surface area contributed by atoms with Crippen LogP contribution in [0.25, 0.3) is 16.9 Å². The first-order chi connectivity index (χ1) is 17.3. The zero-order valence-corrected chi connectivity index (χ0v) is 20.0. The Morgan fingerprint density at radius 1 is 1.06 bits per heavy atom. The number of fused-ring (bicyclic) bond motifs is 1. The minimum absolute atomic E-state index is 0.00452. The number of nitrogens with zero attached hydrogens (tertiary/aromatic N) is 5. The summed E-state index contributed by atoms with van der Waals surface area (Å²) in [6, 6.07) is 1.63. The molecule has 1 aromatic carbocycles. The highest BCUT2D eigenvalue weighted by Gasteiger charge is 2.31. The van der Waals surface area contributed by atoms with Gasteiger partial charge in [-0.05, 0) is 38.7 Å². The topological polar surface area (TPSA) is 74.3 Å². The van der Waals surface area contributed by atoms with E-state index in [2.05, 4.69) is 15.1 Å². The lowest BCUT2D eigenvalue weighted by atomic mass is 9.90. The van der Waals surface area contributed by atoms with Crippen LogP contribution in [-0.4, -0.2) is 30.8 Å². The van der Waals surface area contributed by atoms with Crippen LogP contribution in [0, 0.1) is 24.4 Å². The molecule has 186 valence electrons. The van der Waals surface area contributed by atoms with Gasteiger partial charge in [0.1, 0.15) is 16.5 Å². The summed E-state index contributed by atoms with van der Waals surface area (Å²) in [5, 5.41) is 4.36. The van der Waals surface area contributed by atoms with E-state index in [0.717, 1.165) is 24.5 Å². The highest BCUT2D eigenvalue weighted by Crippen LogP contribution is 2.40. The lowest BCUT2D eigenvalue weighted by Gasteiger charge is -2.29. The lowest BCUT2D eigenvalue weighted by molar-refractivity contribution is 0.00454. The molecule has 6 rings (SSSR count). The van der Waals surface area contributed by atoms with Crippen LogP contribution in [0.1, 0.15) is 60.7 Å². The Balaban J connectivity index is 1.47. The number of aromatic nitrogens is 5. The highest BCUT2D eigenvalue weighted by atomic mass is 35.5. The van der Waals surface area contributed by atoms with Gasteiger partial charge in [-0.15, -0.1) is 0 Å². The van der Waals surface area contributed by atoms with Crippen LogP contribution in [0.4, 0.5) is 13.2 Å². The van der Waals surface area contributed by atoms with E-state index >= 15 is 0 Å². The predicted octanol–water partition coefficient (Wildman–Crippen LogP) is 5.30. The number of hydrogen-bond donors (Lipinski definition) is 0. The Morgan fingerprint density at radius 3 is 2.61 bits per heavy atom. The first-order valence-electron chi connectivity index (χ1n) is 11.7. The molecular formula is C25H21ClF3N5O2. The van der Waals surface area contributed by atoms with Crippen LogP contribution >= 0.6 is 11.6 Å². The molecule has 3 aromatic heterocycles. The van der Waals surface area contributed by atoms with Gasteiger partial charge in [0.15, 0.2) is 17.3 Å². The van der Waals surface area contributed by atoms with E-state index in [1.54, 1.807) is 6.20 Å². The summed E-state index contributed by atoms with van der Waals surface area (Å²) in [7, 11) is 0. The first-order valence-corrected chi connectivity index (χ1v) is 12.1. The van der Waals surface area contributed by atoms with Gasteiger partial charge in [0.05, 0.1) is 29.7 Å². The van der Waals surface area contributed by atoms with Crippen LogP contribution in [0.5, 0.6) is 0 Å². The normalized spacial score (nSPS) is 20.2. The Hall–Kier alpha value is -3.24. The van der Waals surface area contributed by atoms with Crippen LogP contribution in [0.3, 0.4) is 0 Å². The fourth-order valence-electron chi connectivity index (χ4n) is 4.68. The van der Waals surface area contributed by atoms with Gasteiger partial charge >= 0.3 is 0 Å². The number of halogens is 4. The molecule has 0 radical (unpaired) electrons. The third-order valence-corrected chi connectivity index (χ3v) is 7.26. The Bertz CT molecular complexity index is 1570. The average Bonchev–Trinajstić information content (AvgIpc) is 3.61. The van der Waals surface area contributed by atoms with Crippen molar-refractivity contribution in [3.63, 3.8) is 0 Å². The van der Waals surface area contributed by atoms with Crippen LogP contribution in [-0.2, 0) is 4.74 Å². The average molecular weight is 516 g/mol. The van der Waals surface area contributed by atoms with Gasteiger partial charge < -0.3 is 4.74 Å². The zero-order valence-electron chi connectivity index (χ0n) is 19.2. The monoisotopic (exact) mass is 515 g/mol. The maximum absolute atomic E-state index is 14.8. The predicted molar refractivity (Wildman–Crippen MR) is 125 cm³/mol. The molecular weight excluding hydrogens is 495 g/mol. The van der Waals surface area contributed by atoms with Crippen LogP contribution in [0.15, 0.2) is 35.5 Å². The van der Waals surface area contributed by atoms with Gasteiger partial charge in [-0.1, -0.05) is 11.6 Å². The standard InChI is InChI=1S/C25H21ClF3N5O2/c1-12-22(26)25(35)33-11-20(32-23(24(33)31-12)16-7-18(28)19(29)8-17(16)27)13-4-5-36-21(6-13)14-9-30-34(10-14)15-2-3-15/h7-11,13,15,21H,2-6H2,1H3. The zero-order chi connectivity index (χ0) is 25.1. The Morgan fingerprint density at radius 2 is 1.83 bits per heavy atom. The molecule has 11 heteroatoms. The summed E-state index contributed by atoms with van der Waals surface area (Å²) in [6.45, 7) is 1.98. The molecule has 7 nitrogen and oxygen atoms in total. The van der Waals surface area contributed by atoms with Crippen molar-refractivity contribution < 1.29 is 17.9 Å². The minimum Gasteiger partial charge on any atom is -0.373 e. The number of aryl methyl sites for hydroxylation is 1. The van der Waals surface area contributed by atoms with E-state index < -0.39 is 23.0 Å². The molecule has 1 aliphatic heterocycles. The molecule has 2 fully saturated rings. The molecule has 0 spiro atoms. The van der Waals surface area contributed by atoms with Crippen molar-refractivity contribution in [2.75, 3.05) is 6.61 Å². The third kappa shape index (κ3) is 3.98. The second kappa shape index (κ2) is 8.70. The summed E-state index contributed by atoms with van der Waals surface area (Å²) < 4.78 is 51.8. The van der Waals surface area contributed by atoms with Crippen molar-refractivity contribution in [1.82, 2.24) is 24.1 Å². The SMILES string of the molecule is Cc1nc2c(-c3cc(F)c(F)cc3F)nc(C3CCOC(c4cnn(C5CC5)c4)C3)cn2c(=O)c1Cl. The first kappa shape index (κ1) is 23.2. The van der Waals surface area contributed by atoms with Crippen molar-refractivity contribution in [2.45, 2.75) is 50.7 Å². The molecule has 4 aromatic rings. The van der Waals surface area contributed by atoms with Gasteiger partial charge in [-0.25, -0.2) is 23.1 Å². The molecule has 0 amide bonds. The van der Waals surface area contributed by atoms with Crippen molar-refractivity contribution in [2.24, 2.45) is 0 Å². The second-order valence-electron chi connectivity index (χ2n) is 9.34. The summed E-state index contributed by atoms with van der Waals surface area (Å²) in [5.74, 6) is -3.72. The van der Waals surface area contributed by atoms with E-state index in [9.17, 15) is 18.0 Å². The molecule has 4 heterocycles. The van der Waals surface area contributed by atoms with Crippen molar-refractivity contribution in [1.29, 1.82) is 0 Å². The molecule has 1 saturated carbocycles. The van der Waals surface area contributed by atoms with E-state index in [-0.39, 0.29) is 39.6 Å². The third-order valence-electron chi connectivity index (χ3n) is 6.82. The summed E-state index contributed by atoms with van der Waals surface area (Å²) in [6.07, 6.45) is 8.50. The van der Waals surface area contributed by atoms with Gasteiger partial charge in [0.25, 0.3) is 5.56 Å². The van der Waals surface area contributed by atoms with Gasteiger partial charge in [-0.2, -0.15) is 5.10 Å². The maximum atomic E-state index is 14.8. The molecule has 36 heavy (non-hydrogen) atoms. The Kier molecular flexibility index (Phi) is 5.60. The molecule has 0 bridgehead atoms. The second-order valence-corrected chi connectivity index (χ2v) is 9.71. The summed E-state index contributed by atoms with van der Waals surface area (Å²) in [5.41, 5.74) is 0.747. The lowest BCUT2D eigenvalue weighted by Crippen LogP contribution is -2.23. The summed E-state index contributed by atoms with van der Waals surface area (Å²) in [4.78, 5) is 22.0. The number of rotatable bonds is 4. The fraction of sp³-hybridized carbons (Fsp3) is 0.360. The number of hydrogen-bond acceptors (Lipinski definition) is 5. The van der Waals surface area contributed by atoms with E-state index in [0.29, 0.717) is 37.3 Å². The van der Waals surface area contributed by atoms with E-state index in [4.69, 9.17) is 16.3 Å². The van der Waals surface area contributed by atoms with Gasteiger partial charge in [0, 0.05) is 42.1 Å². The van der Waals surface area contributed by atoms with Crippen LogP contribution in [0.2, 0.25) is 5.02 Å². The molecule has 2 unspecified atom stereocenters. The van der Waals surface area contributed by atoms with Gasteiger partial charge in [-0.3, -0.25) is 13.9 Å². The smallest absolute Gasteiger partial charge is 0.277 e. The molecule has 1 saturated heterocycles. The molecule has 2 atom stereocenters. The Labute approximate surface area is 208 Å². The van der Waals surface area contributed by atoms with E-state index in [1.165, 1.54) is 17.5 Å². The minimum atomic E-state index is -1.32. The number of benzene rings is 1. The molecule has 0 N–H and O–H groups in total. The van der Waals surface area contributed by atoms with Crippen molar-refractivity contribution in [3.05, 3.63) is 80.5 Å².